The van der Waals surface area contributed by atoms with Crippen LogP contribution in [0.5, 0.6) is 5.75 Å². The number of halogens is 2. The second-order valence-corrected chi connectivity index (χ2v) is 6.41. The molecule has 5 nitrogen and oxygen atoms in total. The van der Waals surface area contributed by atoms with Gasteiger partial charge in [0.05, 0.1) is 25.8 Å². The van der Waals surface area contributed by atoms with E-state index in [2.05, 4.69) is 0 Å². The van der Waals surface area contributed by atoms with Crippen LogP contribution in [-0.2, 0) is 4.74 Å². The van der Waals surface area contributed by atoms with E-state index in [4.69, 9.17) is 9.47 Å². The van der Waals surface area contributed by atoms with Gasteiger partial charge in [0.15, 0.2) is 0 Å². The molecule has 0 saturated carbocycles. The van der Waals surface area contributed by atoms with Crippen molar-refractivity contribution in [3.05, 3.63) is 29.8 Å². The van der Waals surface area contributed by atoms with Crippen LogP contribution in [0.15, 0.2) is 24.3 Å². The third-order valence-corrected chi connectivity index (χ3v) is 4.73. The molecule has 2 aliphatic heterocycles. The number of ether oxygens (including phenoxy) is 2. The first kappa shape index (κ1) is 17.1. The van der Waals surface area contributed by atoms with Gasteiger partial charge in [-0.3, -0.25) is 9.69 Å². The van der Waals surface area contributed by atoms with Crippen molar-refractivity contribution in [2.75, 3.05) is 40.5 Å². The second kappa shape index (κ2) is 6.64. The van der Waals surface area contributed by atoms with Gasteiger partial charge in [-0.1, -0.05) is 12.1 Å². The number of alkyl halides is 2. The van der Waals surface area contributed by atoms with Crippen LogP contribution in [0.2, 0.25) is 0 Å². The summed E-state index contributed by atoms with van der Waals surface area (Å²) in [5, 5.41) is 0. The minimum atomic E-state index is -2.68. The number of nitrogens with zero attached hydrogens (tertiary/aromatic N) is 2. The first-order chi connectivity index (χ1) is 11.4. The Hall–Kier alpha value is -1.73. The van der Waals surface area contributed by atoms with E-state index in [1.807, 2.05) is 0 Å². The molecule has 2 fully saturated rings. The van der Waals surface area contributed by atoms with Gasteiger partial charge in [0.1, 0.15) is 5.75 Å². The zero-order valence-electron chi connectivity index (χ0n) is 13.9. The number of carbonyl (C=O) groups is 1. The minimum absolute atomic E-state index is 0.0443. The minimum Gasteiger partial charge on any atom is -0.496 e. The fourth-order valence-corrected chi connectivity index (χ4v) is 3.52. The van der Waals surface area contributed by atoms with Gasteiger partial charge in [-0.25, -0.2) is 8.78 Å². The van der Waals surface area contributed by atoms with Crippen molar-refractivity contribution in [3.8, 4) is 5.75 Å². The number of benzene rings is 1. The van der Waals surface area contributed by atoms with Crippen molar-refractivity contribution in [2.24, 2.45) is 0 Å². The van der Waals surface area contributed by atoms with Gasteiger partial charge in [0.25, 0.3) is 11.8 Å². The van der Waals surface area contributed by atoms with Crippen molar-refractivity contribution < 1.29 is 23.0 Å². The predicted octanol–water partition coefficient (Wildman–Crippen LogP) is 1.88. The lowest BCUT2D eigenvalue weighted by Gasteiger charge is -2.45. The summed E-state index contributed by atoms with van der Waals surface area (Å²) in [4.78, 5) is 16.0. The van der Waals surface area contributed by atoms with E-state index >= 15 is 0 Å². The number of hydrogen-bond acceptors (Lipinski definition) is 4. The largest absolute Gasteiger partial charge is 0.496 e. The molecular weight excluding hydrogens is 318 g/mol. The maximum Gasteiger partial charge on any atom is 0.262 e. The van der Waals surface area contributed by atoms with Crippen LogP contribution in [0.4, 0.5) is 8.78 Å². The van der Waals surface area contributed by atoms with Gasteiger partial charge in [0, 0.05) is 38.7 Å². The summed E-state index contributed by atoms with van der Waals surface area (Å²) in [6.45, 7) is 0.926. The Morgan fingerprint density at radius 2 is 2.00 bits per heavy atom. The molecule has 1 amide bonds. The average molecular weight is 340 g/mol. The highest BCUT2D eigenvalue weighted by Gasteiger charge is 2.50. The third-order valence-electron chi connectivity index (χ3n) is 4.73. The molecule has 2 aliphatic rings. The highest BCUT2D eigenvalue weighted by Crippen LogP contribution is 2.36. The van der Waals surface area contributed by atoms with E-state index in [9.17, 15) is 13.6 Å². The summed E-state index contributed by atoms with van der Waals surface area (Å²) in [5.74, 6) is -2.29. The van der Waals surface area contributed by atoms with Crippen LogP contribution in [0, 0.1) is 0 Å². The molecule has 0 spiro atoms. The van der Waals surface area contributed by atoms with Crippen LogP contribution in [-0.4, -0.2) is 74.2 Å². The van der Waals surface area contributed by atoms with Gasteiger partial charge in [0.2, 0.25) is 0 Å². The van der Waals surface area contributed by atoms with Gasteiger partial charge in [-0.05, 0) is 12.1 Å². The molecule has 7 heteroatoms. The summed E-state index contributed by atoms with van der Waals surface area (Å²) >= 11 is 0. The third kappa shape index (κ3) is 3.23. The van der Waals surface area contributed by atoms with Crippen LogP contribution in [0.1, 0.15) is 16.8 Å². The fraction of sp³-hybridized carbons (Fsp3) is 0.588. The summed E-state index contributed by atoms with van der Waals surface area (Å²) in [5.41, 5.74) is 0.499. The van der Waals surface area contributed by atoms with Crippen molar-refractivity contribution >= 4 is 5.91 Å². The molecule has 2 saturated heterocycles. The molecule has 2 heterocycles. The van der Waals surface area contributed by atoms with E-state index in [-0.39, 0.29) is 37.6 Å². The van der Waals surface area contributed by atoms with E-state index in [1.165, 1.54) is 14.2 Å². The SMILES string of the molecule is COC[C@@H]1CC(F)(F)CN1C1CN(C(=O)c2ccccc2OC)C1. The highest BCUT2D eigenvalue weighted by atomic mass is 19.3. The predicted molar refractivity (Wildman–Crippen MR) is 84.6 cm³/mol. The average Bonchev–Trinajstić information content (AvgIpc) is 2.80. The number of hydrogen-bond donors (Lipinski definition) is 0. The van der Waals surface area contributed by atoms with Crippen molar-refractivity contribution in [2.45, 2.75) is 24.4 Å². The molecule has 0 aromatic heterocycles. The Morgan fingerprint density at radius 3 is 2.67 bits per heavy atom. The smallest absolute Gasteiger partial charge is 0.262 e. The first-order valence-electron chi connectivity index (χ1n) is 8.00. The van der Waals surface area contributed by atoms with Crippen molar-refractivity contribution in [1.82, 2.24) is 9.80 Å². The summed E-state index contributed by atoms with van der Waals surface area (Å²) < 4.78 is 37.7. The molecule has 132 valence electrons. The maximum atomic E-state index is 13.7. The molecule has 1 atom stereocenters. The Labute approximate surface area is 140 Å². The zero-order chi connectivity index (χ0) is 17.3. The lowest BCUT2D eigenvalue weighted by atomic mass is 10.0. The van der Waals surface area contributed by atoms with Gasteiger partial charge in [-0.15, -0.1) is 0 Å². The number of rotatable bonds is 5. The Kier molecular flexibility index (Phi) is 4.73. The van der Waals surface area contributed by atoms with Crippen LogP contribution in [0.3, 0.4) is 0 Å². The Morgan fingerprint density at radius 1 is 1.29 bits per heavy atom. The van der Waals surface area contributed by atoms with Crippen LogP contribution in [0.25, 0.3) is 0 Å². The quantitative estimate of drug-likeness (QED) is 0.821. The Balaban J connectivity index is 1.63. The first-order valence-corrected chi connectivity index (χ1v) is 8.00. The summed E-state index contributed by atoms with van der Waals surface area (Å²) in [6.07, 6.45) is -0.183. The van der Waals surface area contributed by atoms with Gasteiger partial charge < -0.3 is 14.4 Å². The number of likely N-dealkylation sites (tertiary alicyclic amines) is 2. The molecule has 0 unspecified atom stereocenters. The summed E-state index contributed by atoms with van der Waals surface area (Å²) in [7, 11) is 3.04. The number of methoxy groups -OCH3 is 2. The number of amides is 1. The monoisotopic (exact) mass is 340 g/mol. The second-order valence-electron chi connectivity index (χ2n) is 6.41. The fourth-order valence-electron chi connectivity index (χ4n) is 3.52. The maximum absolute atomic E-state index is 13.7. The molecule has 24 heavy (non-hydrogen) atoms. The van der Waals surface area contributed by atoms with Crippen LogP contribution >= 0.6 is 0 Å². The molecule has 1 aromatic rings. The zero-order valence-corrected chi connectivity index (χ0v) is 13.9. The van der Waals surface area contributed by atoms with E-state index in [1.54, 1.807) is 34.1 Å². The van der Waals surface area contributed by atoms with Crippen molar-refractivity contribution in [1.29, 1.82) is 0 Å². The summed E-state index contributed by atoms with van der Waals surface area (Å²) in [6, 6.07) is 6.70. The van der Waals surface area contributed by atoms with E-state index < -0.39 is 5.92 Å². The molecule has 0 N–H and O–H groups in total. The molecule has 0 radical (unpaired) electrons. The van der Waals surface area contributed by atoms with Gasteiger partial charge >= 0.3 is 0 Å². The standard InChI is InChI=1S/C17H22F2N2O3/c1-23-10-12-7-17(18,19)11-21(12)13-8-20(9-13)16(22)14-5-3-4-6-15(14)24-2/h3-6,12-13H,7-11H2,1-2H3/t12-/m0/s1. The van der Waals surface area contributed by atoms with Gasteiger partial charge in [-0.2, -0.15) is 0 Å². The Bertz CT molecular complexity index is 605. The number of para-hydroxylation sites is 1. The molecule has 1 aromatic carbocycles. The molecule has 0 aliphatic carbocycles. The van der Waals surface area contributed by atoms with E-state index in [0.717, 1.165) is 0 Å². The number of carbonyl (C=O) groups excluding carboxylic acids is 1. The lowest BCUT2D eigenvalue weighted by Crippen LogP contribution is -2.62. The van der Waals surface area contributed by atoms with Crippen molar-refractivity contribution in [3.63, 3.8) is 0 Å². The molecular formula is C17H22F2N2O3. The van der Waals surface area contributed by atoms with E-state index in [0.29, 0.717) is 24.4 Å². The topological polar surface area (TPSA) is 42.0 Å². The molecule has 0 bridgehead atoms. The highest BCUT2D eigenvalue weighted by molar-refractivity contribution is 5.97. The normalized spacial score (nSPS) is 24.0. The lowest BCUT2D eigenvalue weighted by molar-refractivity contribution is -0.0137. The molecule has 3 rings (SSSR count). The van der Waals surface area contributed by atoms with Crippen LogP contribution < -0.4 is 4.74 Å².